The van der Waals surface area contributed by atoms with Gasteiger partial charge in [0.1, 0.15) is 0 Å². The van der Waals surface area contributed by atoms with Crippen molar-refractivity contribution < 1.29 is 9.90 Å². The second-order valence-corrected chi connectivity index (χ2v) is 5.97. The van der Waals surface area contributed by atoms with E-state index in [1.54, 1.807) is 12.3 Å². The van der Waals surface area contributed by atoms with Crippen molar-refractivity contribution in [3.05, 3.63) is 62.4 Å². The van der Waals surface area contributed by atoms with Crippen molar-refractivity contribution in [1.82, 2.24) is 20.5 Å². The monoisotopic (exact) mass is 330 g/mol. The lowest BCUT2D eigenvalue weighted by Gasteiger charge is -2.37. The molecule has 0 spiro atoms. The Morgan fingerprint density at radius 2 is 2.12 bits per heavy atom. The molecule has 1 saturated carbocycles. The normalized spacial score (nSPS) is 20.9. The Balaban J connectivity index is 1.75. The van der Waals surface area contributed by atoms with Gasteiger partial charge in [0.2, 0.25) is 5.91 Å². The smallest absolute Gasteiger partial charge is 0.266 e. The van der Waals surface area contributed by atoms with Gasteiger partial charge in [-0.15, -0.1) is 0 Å². The molecule has 1 aliphatic carbocycles. The lowest BCUT2D eigenvalue weighted by atomic mass is 9.76. The number of pyridine rings is 1. The number of hydrogen-bond acceptors (Lipinski definition) is 5. The summed E-state index contributed by atoms with van der Waals surface area (Å²) in [5, 5.41) is 16.8. The minimum atomic E-state index is -0.502. The highest BCUT2D eigenvalue weighted by molar-refractivity contribution is 5.78. The molecule has 126 valence electrons. The Labute approximate surface area is 136 Å². The van der Waals surface area contributed by atoms with Gasteiger partial charge in [0.25, 0.3) is 11.1 Å². The molecule has 1 aliphatic rings. The standard InChI is InChI=1S/C16H18N4O4/c21-11-5-9(6-11)15(12-3-1-2-4-17-12)18-13(22)7-10-8-14(23)19-20-16(10)24/h1-4,8-9,11,15,21H,5-7H2,(H,18,22)(H,19,23)(H,20,24). The number of aliphatic hydroxyl groups excluding tert-OH is 1. The Morgan fingerprint density at radius 3 is 2.79 bits per heavy atom. The molecule has 1 atom stereocenters. The maximum absolute atomic E-state index is 12.3. The number of nitrogens with one attached hydrogen (secondary N) is 3. The van der Waals surface area contributed by atoms with Gasteiger partial charge in [0.05, 0.1) is 24.3 Å². The number of H-pyrrole nitrogens is 2. The average molecular weight is 330 g/mol. The number of carbonyl (C=O) groups excluding carboxylic acids is 1. The Bertz CT molecular complexity index is 824. The summed E-state index contributed by atoms with van der Waals surface area (Å²) in [6.45, 7) is 0. The first-order valence-corrected chi connectivity index (χ1v) is 7.72. The number of rotatable bonds is 5. The van der Waals surface area contributed by atoms with Crippen LogP contribution in [0.5, 0.6) is 0 Å². The molecule has 24 heavy (non-hydrogen) atoms. The van der Waals surface area contributed by atoms with Crippen LogP contribution in [0, 0.1) is 5.92 Å². The summed E-state index contributed by atoms with van der Waals surface area (Å²) in [6.07, 6.45) is 2.27. The van der Waals surface area contributed by atoms with Crippen molar-refractivity contribution in [2.24, 2.45) is 5.92 Å². The number of carbonyl (C=O) groups is 1. The molecule has 0 aromatic carbocycles. The van der Waals surface area contributed by atoms with E-state index in [9.17, 15) is 19.5 Å². The molecule has 1 unspecified atom stereocenters. The molecule has 2 aromatic rings. The third-order valence-corrected chi connectivity index (χ3v) is 4.19. The Morgan fingerprint density at radius 1 is 1.33 bits per heavy atom. The van der Waals surface area contributed by atoms with Crippen LogP contribution in [0.4, 0.5) is 0 Å². The first-order chi connectivity index (χ1) is 11.5. The molecule has 0 saturated heterocycles. The lowest BCUT2D eigenvalue weighted by Crippen LogP contribution is -2.42. The van der Waals surface area contributed by atoms with Crippen molar-refractivity contribution in [3.63, 3.8) is 0 Å². The van der Waals surface area contributed by atoms with Crippen molar-refractivity contribution in [1.29, 1.82) is 0 Å². The molecule has 1 fully saturated rings. The zero-order valence-electron chi connectivity index (χ0n) is 12.9. The first kappa shape index (κ1) is 16.1. The first-order valence-electron chi connectivity index (χ1n) is 7.72. The summed E-state index contributed by atoms with van der Waals surface area (Å²) in [4.78, 5) is 39.5. The second-order valence-electron chi connectivity index (χ2n) is 5.97. The third-order valence-electron chi connectivity index (χ3n) is 4.19. The molecular weight excluding hydrogens is 312 g/mol. The lowest BCUT2D eigenvalue weighted by molar-refractivity contribution is -0.122. The summed E-state index contributed by atoms with van der Waals surface area (Å²) in [6, 6.07) is 6.21. The van der Waals surface area contributed by atoms with E-state index in [4.69, 9.17) is 0 Å². The Kier molecular flexibility index (Phi) is 4.57. The van der Waals surface area contributed by atoms with Crippen LogP contribution < -0.4 is 16.4 Å². The van der Waals surface area contributed by atoms with Gasteiger partial charge in [0.15, 0.2) is 0 Å². The minimum absolute atomic E-state index is 0.0938. The highest BCUT2D eigenvalue weighted by atomic mass is 16.3. The SMILES string of the molecule is O=C(Cc1cc(=O)[nH][nH]c1=O)NC(c1ccccn1)C1CC(O)C1. The topological polar surface area (TPSA) is 128 Å². The molecule has 3 rings (SSSR count). The van der Waals surface area contributed by atoms with Crippen LogP contribution in [0.3, 0.4) is 0 Å². The molecule has 2 heterocycles. The fourth-order valence-corrected chi connectivity index (χ4v) is 2.88. The third kappa shape index (κ3) is 3.60. The number of aliphatic hydroxyl groups is 1. The van der Waals surface area contributed by atoms with E-state index in [-0.39, 0.29) is 36.0 Å². The number of amides is 1. The minimum Gasteiger partial charge on any atom is -0.393 e. The molecular formula is C16H18N4O4. The van der Waals surface area contributed by atoms with Gasteiger partial charge in [-0.25, -0.2) is 0 Å². The zero-order chi connectivity index (χ0) is 17.1. The van der Waals surface area contributed by atoms with Gasteiger partial charge < -0.3 is 10.4 Å². The molecule has 2 aromatic heterocycles. The fraction of sp³-hybridized carbons (Fsp3) is 0.375. The average Bonchev–Trinajstić information content (AvgIpc) is 2.54. The van der Waals surface area contributed by atoms with E-state index < -0.39 is 11.1 Å². The highest BCUT2D eigenvalue weighted by Crippen LogP contribution is 2.37. The van der Waals surface area contributed by atoms with Gasteiger partial charge in [-0.1, -0.05) is 6.07 Å². The maximum atomic E-state index is 12.3. The summed E-state index contributed by atoms with van der Waals surface area (Å²) in [7, 11) is 0. The zero-order valence-corrected chi connectivity index (χ0v) is 12.9. The largest absolute Gasteiger partial charge is 0.393 e. The summed E-state index contributed by atoms with van der Waals surface area (Å²) >= 11 is 0. The molecule has 0 bridgehead atoms. The van der Waals surface area contributed by atoms with Crippen LogP contribution >= 0.6 is 0 Å². The maximum Gasteiger partial charge on any atom is 0.266 e. The highest BCUT2D eigenvalue weighted by Gasteiger charge is 2.36. The van der Waals surface area contributed by atoms with Gasteiger partial charge >= 0.3 is 0 Å². The van der Waals surface area contributed by atoms with Gasteiger partial charge in [-0.3, -0.25) is 29.6 Å². The van der Waals surface area contributed by atoms with Gasteiger partial charge in [-0.2, -0.15) is 0 Å². The van der Waals surface area contributed by atoms with Crippen LogP contribution in [0.25, 0.3) is 0 Å². The molecule has 4 N–H and O–H groups in total. The van der Waals surface area contributed by atoms with Gasteiger partial charge in [-0.05, 0) is 30.9 Å². The molecule has 0 aliphatic heterocycles. The second kappa shape index (κ2) is 6.79. The van der Waals surface area contributed by atoms with Crippen LogP contribution in [0.1, 0.15) is 30.1 Å². The predicted molar refractivity (Wildman–Crippen MR) is 85.2 cm³/mol. The van der Waals surface area contributed by atoms with Crippen molar-refractivity contribution in [2.75, 3.05) is 0 Å². The van der Waals surface area contributed by atoms with E-state index in [0.29, 0.717) is 18.5 Å². The quantitative estimate of drug-likeness (QED) is 0.595. The van der Waals surface area contributed by atoms with E-state index in [1.807, 2.05) is 12.1 Å². The van der Waals surface area contributed by atoms with E-state index >= 15 is 0 Å². The fourth-order valence-electron chi connectivity index (χ4n) is 2.88. The molecule has 8 nitrogen and oxygen atoms in total. The summed E-state index contributed by atoms with van der Waals surface area (Å²) in [5.74, 6) is -0.278. The number of aromatic amines is 2. The number of nitrogens with zero attached hydrogens (tertiary/aromatic N) is 1. The van der Waals surface area contributed by atoms with E-state index in [2.05, 4.69) is 20.5 Å². The van der Waals surface area contributed by atoms with Crippen molar-refractivity contribution in [2.45, 2.75) is 31.4 Å². The van der Waals surface area contributed by atoms with Crippen LogP contribution in [0.15, 0.2) is 40.1 Å². The predicted octanol–water partition coefficient (Wildman–Crippen LogP) is -0.371. The number of aromatic nitrogens is 3. The van der Waals surface area contributed by atoms with Crippen molar-refractivity contribution in [3.8, 4) is 0 Å². The Hall–Kier alpha value is -2.74. The molecule has 1 amide bonds. The summed E-state index contributed by atoms with van der Waals surface area (Å²) < 4.78 is 0. The van der Waals surface area contributed by atoms with E-state index in [1.165, 1.54) is 0 Å². The summed E-state index contributed by atoms with van der Waals surface area (Å²) in [5.41, 5.74) is -0.161. The molecule has 8 heteroatoms. The van der Waals surface area contributed by atoms with E-state index in [0.717, 1.165) is 6.07 Å². The van der Waals surface area contributed by atoms with Gasteiger partial charge in [0, 0.05) is 17.8 Å². The van der Waals surface area contributed by atoms with Crippen molar-refractivity contribution >= 4 is 5.91 Å². The number of hydrogen-bond donors (Lipinski definition) is 4. The van der Waals surface area contributed by atoms with Crippen LogP contribution in [-0.4, -0.2) is 32.3 Å². The van der Waals surface area contributed by atoms with Crippen LogP contribution in [0.2, 0.25) is 0 Å². The van der Waals surface area contributed by atoms with Crippen LogP contribution in [-0.2, 0) is 11.2 Å². The molecule has 0 radical (unpaired) electrons.